The van der Waals surface area contributed by atoms with Crippen molar-refractivity contribution < 1.29 is 14.6 Å². The first-order valence-corrected chi connectivity index (χ1v) is 6.41. The van der Waals surface area contributed by atoms with Gasteiger partial charge in [-0.1, -0.05) is 42.5 Å². The highest BCUT2D eigenvalue weighted by Gasteiger charge is 2.37. The van der Waals surface area contributed by atoms with Gasteiger partial charge in [0, 0.05) is 5.56 Å². The van der Waals surface area contributed by atoms with Crippen molar-refractivity contribution in [2.24, 2.45) is 0 Å². The molecular formula is C12H15NO3S2. The number of ether oxygens (including phenoxy) is 2. The van der Waals surface area contributed by atoms with E-state index in [0.717, 1.165) is 5.56 Å². The molecule has 0 aromatic heterocycles. The lowest BCUT2D eigenvalue weighted by Crippen LogP contribution is -2.59. The summed E-state index contributed by atoms with van der Waals surface area (Å²) in [5.41, 5.74) is 0.252. The number of thiocarbonyl (C=S) groups is 1. The van der Waals surface area contributed by atoms with Gasteiger partial charge >= 0.3 is 0 Å². The van der Waals surface area contributed by atoms with Gasteiger partial charge in [-0.2, -0.15) is 0 Å². The fraction of sp³-hybridized carbons (Fsp3) is 0.417. The summed E-state index contributed by atoms with van der Waals surface area (Å²) >= 11 is 8.88. The van der Waals surface area contributed by atoms with Crippen LogP contribution in [0.1, 0.15) is 11.9 Å². The Bertz CT molecular complexity index is 405. The van der Waals surface area contributed by atoms with E-state index in [4.69, 9.17) is 21.7 Å². The predicted molar refractivity (Wildman–Crippen MR) is 75.6 cm³/mol. The largest absolute Gasteiger partial charge is 0.394 e. The van der Waals surface area contributed by atoms with E-state index in [1.165, 1.54) is 0 Å². The molecule has 1 fully saturated rings. The van der Waals surface area contributed by atoms with Gasteiger partial charge in [-0.3, -0.25) is 0 Å². The smallest absolute Gasteiger partial charge is 0.184 e. The first kappa shape index (κ1) is 13.8. The molecule has 2 N–H and O–H groups in total. The van der Waals surface area contributed by atoms with Crippen molar-refractivity contribution in [1.82, 2.24) is 5.32 Å². The predicted octanol–water partition coefficient (Wildman–Crippen LogP) is 1.27. The molecule has 0 atom stereocenters. The van der Waals surface area contributed by atoms with Crippen LogP contribution >= 0.6 is 24.8 Å². The summed E-state index contributed by atoms with van der Waals surface area (Å²) < 4.78 is 11.6. The molecule has 0 unspecified atom stereocenters. The van der Waals surface area contributed by atoms with Gasteiger partial charge in [-0.05, 0) is 0 Å². The third-order valence-corrected chi connectivity index (χ3v) is 2.98. The van der Waals surface area contributed by atoms with Crippen LogP contribution in [0.15, 0.2) is 30.3 Å². The van der Waals surface area contributed by atoms with E-state index >= 15 is 0 Å². The highest BCUT2D eigenvalue weighted by Crippen LogP contribution is 2.26. The Morgan fingerprint density at radius 3 is 2.50 bits per heavy atom. The van der Waals surface area contributed by atoms with E-state index in [0.29, 0.717) is 17.5 Å². The van der Waals surface area contributed by atoms with Crippen molar-refractivity contribution in [3.8, 4) is 0 Å². The molecule has 18 heavy (non-hydrogen) atoms. The number of thiol groups is 1. The summed E-state index contributed by atoms with van der Waals surface area (Å²) in [5.74, 6) is 0. The molecule has 1 aliphatic rings. The molecule has 1 heterocycles. The zero-order valence-corrected chi connectivity index (χ0v) is 11.4. The minimum Gasteiger partial charge on any atom is -0.394 e. The number of nitrogens with one attached hydrogen (secondary N) is 1. The Balaban J connectivity index is 2.00. The molecule has 1 aliphatic heterocycles. The Kier molecular flexibility index (Phi) is 4.58. The van der Waals surface area contributed by atoms with Crippen molar-refractivity contribution in [2.45, 2.75) is 11.8 Å². The van der Waals surface area contributed by atoms with Gasteiger partial charge in [0.05, 0.1) is 19.8 Å². The number of aliphatic hydroxyl groups excluding tert-OH is 1. The molecule has 6 heteroatoms. The highest BCUT2D eigenvalue weighted by atomic mass is 32.1. The molecule has 0 aliphatic carbocycles. The maximum absolute atomic E-state index is 9.43. The Morgan fingerprint density at radius 1 is 1.39 bits per heavy atom. The second-order valence-corrected chi connectivity index (χ2v) is 5.39. The van der Waals surface area contributed by atoms with Crippen LogP contribution in [0, 0.1) is 0 Å². The van der Waals surface area contributed by atoms with Crippen molar-refractivity contribution in [2.75, 3.05) is 19.8 Å². The number of benzene rings is 1. The van der Waals surface area contributed by atoms with E-state index in [2.05, 4.69) is 17.9 Å². The van der Waals surface area contributed by atoms with Crippen LogP contribution in [-0.4, -0.2) is 34.8 Å². The van der Waals surface area contributed by atoms with E-state index in [-0.39, 0.29) is 6.61 Å². The first-order valence-electron chi connectivity index (χ1n) is 5.55. The second kappa shape index (κ2) is 5.99. The van der Waals surface area contributed by atoms with Gasteiger partial charge in [0.1, 0.15) is 9.86 Å². The van der Waals surface area contributed by atoms with Crippen LogP contribution in [0.2, 0.25) is 0 Å². The summed E-state index contributed by atoms with van der Waals surface area (Å²) in [6, 6.07) is 9.67. The van der Waals surface area contributed by atoms with Crippen LogP contribution in [-0.2, 0) is 9.47 Å². The molecule has 1 saturated heterocycles. The van der Waals surface area contributed by atoms with Gasteiger partial charge in [0.2, 0.25) is 0 Å². The molecular weight excluding hydrogens is 270 g/mol. The average molecular weight is 285 g/mol. The van der Waals surface area contributed by atoms with E-state index < -0.39 is 11.8 Å². The molecule has 1 aromatic rings. The van der Waals surface area contributed by atoms with Gasteiger partial charge < -0.3 is 19.9 Å². The zero-order chi connectivity index (χ0) is 13.0. The van der Waals surface area contributed by atoms with Gasteiger partial charge in [0.15, 0.2) is 6.29 Å². The van der Waals surface area contributed by atoms with Crippen molar-refractivity contribution in [1.29, 1.82) is 0 Å². The molecule has 0 saturated carbocycles. The molecule has 98 valence electrons. The normalized spacial score (nSPS) is 27.8. The SMILES string of the molecule is OCC1(NC(=S)S)COC(c2ccccc2)OC1. The summed E-state index contributed by atoms with van der Waals surface area (Å²) in [7, 11) is 0. The fourth-order valence-corrected chi connectivity index (χ4v) is 2.25. The average Bonchev–Trinajstić information content (AvgIpc) is 2.40. The number of hydrogen-bond acceptors (Lipinski definition) is 4. The maximum Gasteiger partial charge on any atom is 0.184 e. The summed E-state index contributed by atoms with van der Waals surface area (Å²) in [6.45, 7) is 0.489. The van der Waals surface area contributed by atoms with E-state index in [1.807, 2.05) is 30.3 Å². The summed E-state index contributed by atoms with van der Waals surface area (Å²) in [6.07, 6.45) is -0.402. The van der Waals surface area contributed by atoms with Crippen LogP contribution in [0.5, 0.6) is 0 Å². The third kappa shape index (κ3) is 3.21. The number of hydrogen-bond donors (Lipinski definition) is 3. The van der Waals surface area contributed by atoms with Crippen LogP contribution in [0.3, 0.4) is 0 Å². The topological polar surface area (TPSA) is 50.7 Å². The minimum absolute atomic E-state index is 0.130. The Morgan fingerprint density at radius 2 is 2.00 bits per heavy atom. The van der Waals surface area contributed by atoms with Crippen molar-refractivity contribution in [3.63, 3.8) is 0 Å². The summed E-state index contributed by atoms with van der Waals surface area (Å²) in [5, 5.41) is 12.3. The second-order valence-electron chi connectivity index (χ2n) is 4.23. The lowest BCUT2D eigenvalue weighted by atomic mass is 10.0. The molecule has 0 amide bonds. The maximum atomic E-state index is 9.43. The molecule has 4 nitrogen and oxygen atoms in total. The summed E-state index contributed by atoms with van der Waals surface area (Å²) in [4.78, 5) is 0. The molecule has 2 rings (SSSR count). The first-order chi connectivity index (χ1) is 8.65. The third-order valence-electron chi connectivity index (χ3n) is 2.77. The van der Waals surface area contributed by atoms with Crippen LogP contribution in [0.4, 0.5) is 0 Å². The fourth-order valence-electron chi connectivity index (χ4n) is 1.79. The van der Waals surface area contributed by atoms with Gasteiger partial charge in [-0.25, -0.2) is 0 Å². The van der Waals surface area contributed by atoms with E-state index in [9.17, 15) is 5.11 Å². The van der Waals surface area contributed by atoms with E-state index in [1.54, 1.807) is 0 Å². The highest BCUT2D eigenvalue weighted by molar-refractivity contribution is 8.11. The lowest BCUT2D eigenvalue weighted by Gasteiger charge is -2.39. The standard InChI is InChI=1S/C12H15NO3S2/c14-6-12(13-11(17)18)7-15-10(16-8-12)9-4-2-1-3-5-9/h1-5,10,14H,6-8H2,(H2,13,17,18). The van der Waals surface area contributed by atoms with Crippen molar-refractivity contribution in [3.05, 3.63) is 35.9 Å². The quantitative estimate of drug-likeness (QED) is 0.577. The molecule has 1 aromatic carbocycles. The van der Waals surface area contributed by atoms with Crippen LogP contribution < -0.4 is 5.32 Å². The minimum atomic E-state index is -0.704. The molecule has 0 bridgehead atoms. The van der Waals surface area contributed by atoms with Gasteiger partial charge in [0.25, 0.3) is 0 Å². The zero-order valence-electron chi connectivity index (χ0n) is 9.70. The molecule has 0 radical (unpaired) electrons. The molecule has 0 spiro atoms. The lowest BCUT2D eigenvalue weighted by molar-refractivity contribution is -0.220. The Labute approximate surface area is 117 Å². The number of aliphatic hydroxyl groups is 1. The van der Waals surface area contributed by atoms with Crippen molar-refractivity contribution >= 4 is 29.2 Å². The van der Waals surface area contributed by atoms with Gasteiger partial charge in [-0.15, -0.1) is 12.6 Å². The number of rotatable bonds is 3. The Hall–Kier alpha value is -0.660. The monoisotopic (exact) mass is 285 g/mol. The van der Waals surface area contributed by atoms with Crippen LogP contribution in [0.25, 0.3) is 0 Å².